The molecule has 2 atom stereocenters. The standard InChI is InChI=1S/C15H17F3N2/c1-9(2)20-8-10-5-12(13(20)6-10)11-3-4-14(19-7-11)15(16,17)18/h3-5,7,9-10,13H,6,8H2,1-2H3. The Morgan fingerprint density at radius 1 is 1.30 bits per heavy atom. The van der Waals surface area contributed by atoms with Gasteiger partial charge in [0, 0.05) is 24.8 Å². The highest BCUT2D eigenvalue weighted by molar-refractivity contribution is 5.72. The van der Waals surface area contributed by atoms with Crippen LogP contribution in [0.3, 0.4) is 0 Å². The van der Waals surface area contributed by atoms with Gasteiger partial charge in [0.05, 0.1) is 0 Å². The molecule has 0 radical (unpaired) electrons. The molecular formula is C15H17F3N2. The van der Waals surface area contributed by atoms with Crippen molar-refractivity contribution in [3.8, 4) is 0 Å². The molecule has 3 rings (SSSR count). The molecule has 2 heterocycles. The van der Waals surface area contributed by atoms with E-state index in [1.54, 1.807) is 6.07 Å². The predicted molar refractivity (Wildman–Crippen MR) is 71.0 cm³/mol. The number of likely N-dealkylation sites (tertiary alicyclic amines) is 1. The Labute approximate surface area is 116 Å². The van der Waals surface area contributed by atoms with Crippen LogP contribution in [0.15, 0.2) is 24.4 Å². The molecule has 0 N–H and O–H groups in total. The molecule has 108 valence electrons. The number of nitrogens with zero attached hydrogens (tertiary/aromatic N) is 2. The maximum Gasteiger partial charge on any atom is 0.433 e. The third kappa shape index (κ3) is 2.24. The van der Waals surface area contributed by atoms with Crippen molar-refractivity contribution in [3.05, 3.63) is 35.7 Å². The lowest BCUT2D eigenvalue weighted by Crippen LogP contribution is -2.37. The average Bonchev–Trinajstić information content (AvgIpc) is 2.97. The number of halogens is 3. The Morgan fingerprint density at radius 2 is 2.05 bits per heavy atom. The van der Waals surface area contributed by atoms with Crippen LogP contribution in [0.2, 0.25) is 0 Å². The van der Waals surface area contributed by atoms with Crippen LogP contribution in [0.1, 0.15) is 31.5 Å². The largest absolute Gasteiger partial charge is 0.433 e. The van der Waals surface area contributed by atoms with Crippen molar-refractivity contribution in [3.63, 3.8) is 0 Å². The number of hydrogen-bond donors (Lipinski definition) is 0. The zero-order chi connectivity index (χ0) is 14.5. The smallest absolute Gasteiger partial charge is 0.293 e. The Balaban J connectivity index is 1.86. The highest BCUT2D eigenvalue weighted by atomic mass is 19.4. The zero-order valence-corrected chi connectivity index (χ0v) is 11.5. The van der Waals surface area contributed by atoms with Gasteiger partial charge in [0.1, 0.15) is 5.69 Å². The van der Waals surface area contributed by atoms with Crippen molar-refractivity contribution in [2.45, 2.75) is 38.5 Å². The van der Waals surface area contributed by atoms with E-state index in [1.165, 1.54) is 6.20 Å². The summed E-state index contributed by atoms with van der Waals surface area (Å²) in [7, 11) is 0. The molecule has 1 aliphatic heterocycles. The fourth-order valence-corrected chi connectivity index (χ4v) is 3.28. The van der Waals surface area contributed by atoms with Crippen LogP contribution in [0.4, 0.5) is 13.2 Å². The van der Waals surface area contributed by atoms with Crippen LogP contribution in [-0.4, -0.2) is 28.5 Å². The second-order valence-corrected chi connectivity index (χ2v) is 5.85. The Hall–Kier alpha value is -1.36. The summed E-state index contributed by atoms with van der Waals surface area (Å²) < 4.78 is 37.6. The molecule has 1 aromatic heterocycles. The number of fused-ring (bicyclic) bond motifs is 2. The molecule has 2 bridgehead atoms. The molecule has 2 nitrogen and oxygen atoms in total. The van der Waals surface area contributed by atoms with E-state index in [9.17, 15) is 13.2 Å². The Morgan fingerprint density at radius 3 is 2.55 bits per heavy atom. The fourth-order valence-electron chi connectivity index (χ4n) is 3.28. The molecule has 1 fully saturated rings. The second-order valence-electron chi connectivity index (χ2n) is 5.85. The van der Waals surface area contributed by atoms with E-state index in [0.29, 0.717) is 18.0 Å². The molecule has 5 heteroatoms. The van der Waals surface area contributed by atoms with Crippen LogP contribution in [0, 0.1) is 5.92 Å². The first-order valence-corrected chi connectivity index (χ1v) is 6.87. The minimum Gasteiger partial charge on any atom is -0.293 e. The van der Waals surface area contributed by atoms with Gasteiger partial charge in [0.15, 0.2) is 0 Å². The van der Waals surface area contributed by atoms with Gasteiger partial charge in [-0.2, -0.15) is 13.2 Å². The summed E-state index contributed by atoms with van der Waals surface area (Å²) in [5.41, 5.74) is 1.12. The maximum absolute atomic E-state index is 12.5. The monoisotopic (exact) mass is 282 g/mol. The van der Waals surface area contributed by atoms with Crippen molar-refractivity contribution in [2.24, 2.45) is 5.92 Å². The first kappa shape index (κ1) is 13.6. The SMILES string of the molecule is CC(C)N1CC2C=C(c3ccc(C(F)(F)F)nc3)C1C2. The van der Waals surface area contributed by atoms with Crippen LogP contribution in [0.25, 0.3) is 5.57 Å². The fraction of sp³-hybridized carbons (Fsp3) is 0.533. The van der Waals surface area contributed by atoms with Crippen LogP contribution in [0.5, 0.6) is 0 Å². The number of rotatable bonds is 2. The molecular weight excluding hydrogens is 265 g/mol. The molecule has 1 aliphatic carbocycles. The van der Waals surface area contributed by atoms with E-state index >= 15 is 0 Å². The minimum atomic E-state index is -4.37. The van der Waals surface area contributed by atoms with Crippen molar-refractivity contribution >= 4 is 5.57 Å². The van der Waals surface area contributed by atoms with Crippen molar-refractivity contribution in [1.82, 2.24) is 9.88 Å². The van der Waals surface area contributed by atoms with Gasteiger partial charge in [0.2, 0.25) is 0 Å². The van der Waals surface area contributed by atoms with Gasteiger partial charge in [-0.1, -0.05) is 12.1 Å². The maximum atomic E-state index is 12.5. The number of pyridine rings is 1. The van der Waals surface area contributed by atoms with Gasteiger partial charge >= 0.3 is 6.18 Å². The van der Waals surface area contributed by atoms with E-state index in [1.807, 2.05) is 0 Å². The summed E-state index contributed by atoms with van der Waals surface area (Å²) in [4.78, 5) is 5.98. The van der Waals surface area contributed by atoms with Crippen LogP contribution >= 0.6 is 0 Å². The van der Waals surface area contributed by atoms with Gasteiger partial charge in [-0.3, -0.25) is 9.88 Å². The van der Waals surface area contributed by atoms with Gasteiger partial charge < -0.3 is 0 Å². The van der Waals surface area contributed by atoms with Crippen LogP contribution < -0.4 is 0 Å². The van der Waals surface area contributed by atoms with E-state index in [2.05, 4.69) is 29.8 Å². The Kier molecular flexibility index (Phi) is 3.12. The molecule has 20 heavy (non-hydrogen) atoms. The second kappa shape index (κ2) is 4.58. The summed E-state index contributed by atoms with van der Waals surface area (Å²) in [5.74, 6) is 0.527. The van der Waals surface area contributed by atoms with Crippen molar-refractivity contribution in [2.75, 3.05) is 6.54 Å². The third-order valence-corrected chi connectivity index (χ3v) is 4.20. The van der Waals surface area contributed by atoms with Gasteiger partial charge in [-0.15, -0.1) is 0 Å². The molecule has 0 amide bonds. The lowest BCUT2D eigenvalue weighted by Gasteiger charge is -2.31. The van der Waals surface area contributed by atoms with Crippen molar-refractivity contribution in [1.29, 1.82) is 0 Å². The number of aromatic nitrogens is 1. The highest BCUT2D eigenvalue weighted by Gasteiger charge is 2.40. The summed E-state index contributed by atoms with van der Waals surface area (Å²) >= 11 is 0. The Bertz CT molecular complexity index is 531. The highest BCUT2D eigenvalue weighted by Crippen LogP contribution is 2.42. The zero-order valence-electron chi connectivity index (χ0n) is 11.5. The van der Waals surface area contributed by atoms with E-state index in [4.69, 9.17) is 0 Å². The summed E-state index contributed by atoms with van der Waals surface area (Å²) in [6.45, 7) is 5.37. The quantitative estimate of drug-likeness (QED) is 0.824. The molecule has 1 aromatic rings. The van der Waals surface area contributed by atoms with E-state index in [0.717, 1.165) is 30.2 Å². The summed E-state index contributed by atoms with van der Waals surface area (Å²) in [6.07, 6.45) is 0.266. The molecule has 0 aromatic carbocycles. The third-order valence-electron chi connectivity index (χ3n) is 4.20. The summed E-state index contributed by atoms with van der Waals surface area (Å²) in [6, 6.07) is 3.40. The number of hydrogen-bond acceptors (Lipinski definition) is 2. The van der Waals surface area contributed by atoms with E-state index < -0.39 is 11.9 Å². The van der Waals surface area contributed by atoms with Gasteiger partial charge in [-0.25, -0.2) is 0 Å². The molecule has 2 unspecified atom stereocenters. The van der Waals surface area contributed by atoms with Crippen molar-refractivity contribution < 1.29 is 13.2 Å². The van der Waals surface area contributed by atoms with Gasteiger partial charge in [0.25, 0.3) is 0 Å². The first-order valence-electron chi connectivity index (χ1n) is 6.87. The predicted octanol–water partition coefficient (Wildman–Crippen LogP) is 3.60. The topological polar surface area (TPSA) is 16.1 Å². The summed E-state index contributed by atoms with van der Waals surface area (Å²) in [5, 5.41) is 0. The normalized spacial score (nSPS) is 26.4. The minimum absolute atomic E-state index is 0.332. The van der Waals surface area contributed by atoms with Crippen LogP contribution in [-0.2, 0) is 6.18 Å². The molecule has 0 saturated carbocycles. The molecule has 1 saturated heterocycles. The number of alkyl halides is 3. The molecule has 0 spiro atoms. The lowest BCUT2D eigenvalue weighted by atomic mass is 10.0. The van der Waals surface area contributed by atoms with Gasteiger partial charge in [-0.05, 0) is 43.4 Å². The molecule has 2 aliphatic rings. The van der Waals surface area contributed by atoms with E-state index in [-0.39, 0.29) is 0 Å². The first-order chi connectivity index (χ1) is 9.36. The lowest BCUT2D eigenvalue weighted by molar-refractivity contribution is -0.141. The average molecular weight is 282 g/mol.